The van der Waals surface area contributed by atoms with Crippen molar-refractivity contribution >= 4 is 17.9 Å². The van der Waals surface area contributed by atoms with Crippen LogP contribution in [0.2, 0.25) is 0 Å². The molecular weight excluding hydrogens is 300 g/mol. The summed E-state index contributed by atoms with van der Waals surface area (Å²) in [5.41, 5.74) is 0.225. The first kappa shape index (κ1) is 16.7. The summed E-state index contributed by atoms with van der Waals surface area (Å²) in [5, 5.41) is 0. The van der Waals surface area contributed by atoms with Crippen LogP contribution in [0.1, 0.15) is 40.0 Å². The maximum atomic E-state index is 12.2. The fourth-order valence-corrected chi connectivity index (χ4v) is 2.34. The lowest BCUT2D eigenvalue weighted by molar-refractivity contribution is -0.139. The molecule has 0 saturated heterocycles. The molecule has 23 heavy (non-hydrogen) atoms. The van der Waals surface area contributed by atoms with E-state index in [1.54, 1.807) is 0 Å². The fraction of sp³-hybridized carbons (Fsp3) is 0.353. The number of hydrogen-bond donors (Lipinski definition) is 0. The topological polar surface area (TPSA) is 78.9 Å². The van der Waals surface area contributed by atoms with Gasteiger partial charge in [-0.1, -0.05) is 12.2 Å². The van der Waals surface area contributed by atoms with E-state index in [1.807, 2.05) is 12.2 Å². The molecule has 0 heterocycles. The Kier molecular flexibility index (Phi) is 5.51. The zero-order chi connectivity index (χ0) is 16.8. The van der Waals surface area contributed by atoms with Gasteiger partial charge in [-0.05, 0) is 37.5 Å². The van der Waals surface area contributed by atoms with Crippen molar-refractivity contribution in [2.45, 2.75) is 19.3 Å². The number of hydrogen-bond acceptors (Lipinski definition) is 6. The van der Waals surface area contributed by atoms with Gasteiger partial charge in [-0.2, -0.15) is 0 Å². The monoisotopic (exact) mass is 318 g/mol. The van der Waals surface area contributed by atoms with Crippen molar-refractivity contribution in [2.75, 3.05) is 14.2 Å². The number of esters is 3. The zero-order valence-corrected chi connectivity index (χ0v) is 13.0. The average Bonchev–Trinajstić information content (AvgIpc) is 2.60. The van der Waals surface area contributed by atoms with Crippen LogP contribution >= 0.6 is 0 Å². The van der Waals surface area contributed by atoms with Crippen LogP contribution in [0.25, 0.3) is 0 Å². The lowest BCUT2D eigenvalue weighted by Crippen LogP contribution is -2.21. The van der Waals surface area contributed by atoms with Crippen molar-refractivity contribution in [1.29, 1.82) is 0 Å². The molecule has 0 N–H and O–H groups in total. The van der Waals surface area contributed by atoms with Gasteiger partial charge < -0.3 is 14.2 Å². The predicted molar refractivity (Wildman–Crippen MR) is 81.2 cm³/mol. The number of carbonyl (C=O) groups excluding carboxylic acids is 3. The SMILES string of the molecule is COC(=O)c1cc(OC(=O)[C@@H]2CC=CCC2)cc(C(=O)OC)c1. The average molecular weight is 318 g/mol. The molecule has 6 nitrogen and oxygen atoms in total. The van der Waals surface area contributed by atoms with Gasteiger partial charge in [-0.3, -0.25) is 4.79 Å². The standard InChI is InChI=1S/C17H18O6/c1-21-15(18)12-8-13(16(19)22-2)10-14(9-12)23-17(20)11-6-4-3-5-7-11/h3-4,8-11H,5-7H2,1-2H3/t11-/m1/s1. The highest BCUT2D eigenvalue weighted by atomic mass is 16.5. The van der Waals surface area contributed by atoms with E-state index in [-0.39, 0.29) is 28.8 Å². The molecule has 0 unspecified atom stereocenters. The van der Waals surface area contributed by atoms with Crippen LogP contribution in [-0.4, -0.2) is 32.1 Å². The molecule has 1 aromatic rings. The van der Waals surface area contributed by atoms with Crippen molar-refractivity contribution in [3.63, 3.8) is 0 Å². The Hall–Kier alpha value is -2.63. The van der Waals surface area contributed by atoms with E-state index in [0.717, 1.165) is 12.8 Å². The summed E-state index contributed by atoms with van der Waals surface area (Å²) in [6, 6.07) is 4.07. The molecule has 1 aliphatic carbocycles. The van der Waals surface area contributed by atoms with Gasteiger partial charge in [-0.15, -0.1) is 0 Å². The predicted octanol–water partition coefficient (Wildman–Crippen LogP) is 2.52. The Bertz CT molecular complexity index is 612. The van der Waals surface area contributed by atoms with E-state index in [2.05, 4.69) is 9.47 Å². The van der Waals surface area contributed by atoms with E-state index < -0.39 is 11.9 Å². The molecule has 1 aromatic carbocycles. The van der Waals surface area contributed by atoms with E-state index in [1.165, 1.54) is 32.4 Å². The molecule has 0 bridgehead atoms. The van der Waals surface area contributed by atoms with Gasteiger partial charge in [0.05, 0.1) is 31.3 Å². The molecule has 0 radical (unpaired) electrons. The Labute approximate surface area is 134 Å². The first-order valence-corrected chi connectivity index (χ1v) is 7.23. The lowest BCUT2D eigenvalue weighted by atomic mass is 9.95. The van der Waals surface area contributed by atoms with Crippen LogP contribution in [0.4, 0.5) is 0 Å². The number of methoxy groups -OCH3 is 2. The van der Waals surface area contributed by atoms with Crippen LogP contribution in [-0.2, 0) is 14.3 Å². The maximum Gasteiger partial charge on any atom is 0.338 e. The first-order valence-electron chi connectivity index (χ1n) is 7.23. The van der Waals surface area contributed by atoms with Crippen LogP contribution in [0.5, 0.6) is 5.75 Å². The first-order chi connectivity index (χ1) is 11.0. The third-order valence-corrected chi connectivity index (χ3v) is 3.57. The van der Waals surface area contributed by atoms with E-state index >= 15 is 0 Å². The second-order valence-electron chi connectivity index (χ2n) is 5.13. The number of carbonyl (C=O) groups is 3. The van der Waals surface area contributed by atoms with Gasteiger partial charge in [0, 0.05) is 0 Å². The van der Waals surface area contributed by atoms with E-state index in [4.69, 9.17) is 4.74 Å². The Morgan fingerprint density at radius 2 is 1.57 bits per heavy atom. The minimum Gasteiger partial charge on any atom is -0.465 e. The van der Waals surface area contributed by atoms with Gasteiger partial charge in [0.2, 0.25) is 0 Å². The van der Waals surface area contributed by atoms with Gasteiger partial charge in [0.1, 0.15) is 5.75 Å². The Morgan fingerprint density at radius 3 is 2.04 bits per heavy atom. The minimum atomic E-state index is -0.631. The van der Waals surface area contributed by atoms with Crippen LogP contribution < -0.4 is 4.74 Å². The number of allylic oxidation sites excluding steroid dienone is 2. The summed E-state index contributed by atoms with van der Waals surface area (Å²) >= 11 is 0. The second-order valence-corrected chi connectivity index (χ2v) is 5.13. The second kappa shape index (κ2) is 7.58. The lowest BCUT2D eigenvalue weighted by Gasteiger charge is -2.16. The smallest absolute Gasteiger partial charge is 0.338 e. The van der Waals surface area contributed by atoms with Gasteiger partial charge in [-0.25, -0.2) is 9.59 Å². The van der Waals surface area contributed by atoms with Crippen molar-refractivity contribution < 1.29 is 28.6 Å². The summed E-state index contributed by atoms with van der Waals surface area (Å²) in [6.45, 7) is 0. The van der Waals surface area contributed by atoms with Crippen LogP contribution in [0.15, 0.2) is 30.4 Å². The Balaban J connectivity index is 2.25. The minimum absolute atomic E-state index is 0.113. The molecule has 1 aliphatic rings. The summed E-state index contributed by atoms with van der Waals surface area (Å²) in [7, 11) is 2.46. The summed E-state index contributed by atoms with van der Waals surface area (Å²) in [4.78, 5) is 35.6. The number of benzene rings is 1. The molecule has 0 fully saturated rings. The quantitative estimate of drug-likeness (QED) is 0.482. The number of ether oxygens (including phenoxy) is 3. The third kappa shape index (κ3) is 4.18. The summed E-state index contributed by atoms with van der Waals surface area (Å²) in [6.07, 6.45) is 6.14. The molecule has 122 valence electrons. The molecule has 0 aromatic heterocycles. The highest BCUT2D eigenvalue weighted by molar-refractivity contribution is 5.96. The van der Waals surface area contributed by atoms with Crippen molar-refractivity contribution in [2.24, 2.45) is 5.92 Å². The summed E-state index contributed by atoms with van der Waals surface area (Å²) < 4.78 is 14.6. The normalized spacial score (nSPS) is 16.5. The molecule has 6 heteroatoms. The zero-order valence-electron chi connectivity index (χ0n) is 13.0. The Morgan fingerprint density at radius 1 is 0.957 bits per heavy atom. The van der Waals surface area contributed by atoms with Crippen LogP contribution in [0, 0.1) is 5.92 Å². The van der Waals surface area contributed by atoms with Gasteiger partial charge in [0.15, 0.2) is 0 Å². The maximum absolute atomic E-state index is 12.2. The van der Waals surface area contributed by atoms with Crippen molar-refractivity contribution in [1.82, 2.24) is 0 Å². The van der Waals surface area contributed by atoms with E-state index in [0.29, 0.717) is 6.42 Å². The molecule has 0 saturated carbocycles. The van der Waals surface area contributed by atoms with Crippen molar-refractivity contribution in [3.8, 4) is 5.75 Å². The highest BCUT2D eigenvalue weighted by Gasteiger charge is 2.22. The van der Waals surface area contributed by atoms with Crippen LogP contribution in [0.3, 0.4) is 0 Å². The molecule has 0 amide bonds. The molecule has 0 spiro atoms. The van der Waals surface area contributed by atoms with Gasteiger partial charge in [0.25, 0.3) is 0 Å². The van der Waals surface area contributed by atoms with Gasteiger partial charge >= 0.3 is 17.9 Å². The molecular formula is C17H18O6. The van der Waals surface area contributed by atoms with E-state index in [9.17, 15) is 14.4 Å². The molecule has 0 aliphatic heterocycles. The summed E-state index contributed by atoms with van der Waals surface area (Å²) in [5.74, 6) is -1.74. The largest absolute Gasteiger partial charge is 0.465 e. The molecule has 1 atom stereocenters. The van der Waals surface area contributed by atoms with Crippen molar-refractivity contribution in [3.05, 3.63) is 41.5 Å². The molecule has 2 rings (SSSR count). The highest BCUT2D eigenvalue weighted by Crippen LogP contribution is 2.24. The fourth-order valence-electron chi connectivity index (χ4n) is 2.34. The number of rotatable bonds is 4. The third-order valence-electron chi connectivity index (χ3n) is 3.57.